The fourth-order valence-corrected chi connectivity index (χ4v) is 1.98. The Hall–Kier alpha value is -1.67. The molecule has 0 bridgehead atoms. The molecule has 1 heterocycles. The van der Waals surface area contributed by atoms with Crippen molar-refractivity contribution < 1.29 is 17.9 Å². The minimum atomic E-state index is -4.51. The third-order valence-corrected chi connectivity index (χ3v) is 2.98. The van der Waals surface area contributed by atoms with E-state index in [2.05, 4.69) is 9.36 Å². The molecule has 1 aromatic carbocycles. The Morgan fingerprint density at radius 3 is 2.63 bits per heavy atom. The molecule has 0 aliphatic heterocycles. The zero-order valence-electron chi connectivity index (χ0n) is 9.86. The summed E-state index contributed by atoms with van der Waals surface area (Å²) < 4.78 is 47.7. The second-order valence-electron chi connectivity index (χ2n) is 3.74. The van der Waals surface area contributed by atoms with Gasteiger partial charge >= 0.3 is 6.18 Å². The van der Waals surface area contributed by atoms with E-state index in [4.69, 9.17) is 10.5 Å². The molecule has 0 atom stereocenters. The van der Waals surface area contributed by atoms with E-state index >= 15 is 0 Å². The van der Waals surface area contributed by atoms with Crippen molar-refractivity contribution in [2.75, 3.05) is 0 Å². The van der Waals surface area contributed by atoms with E-state index in [1.165, 1.54) is 12.1 Å². The van der Waals surface area contributed by atoms with Crippen LogP contribution in [-0.2, 0) is 12.7 Å². The topological polar surface area (TPSA) is 61.0 Å². The van der Waals surface area contributed by atoms with Gasteiger partial charge in [-0.1, -0.05) is 6.07 Å². The second-order valence-corrected chi connectivity index (χ2v) is 4.46. The SMILES string of the molecule is Cc1nsc(Oc2ccc(CN)cc2C(F)(F)F)n1. The van der Waals surface area contributed by atoms with Crippen LogP contribution >= 0.6 is 11.5 Å². The Morgan fingerprint density at radius 2 is 2.11 bits per heavy atom. The Labute approximate surface area is 111 Å². The zero-order valence-corrected chi connectivity index (χ0v) is 10.7. The maximum atomic E-state index is 12.9. The van der Waals surface area contributed by atoms with E-state index in [1.807, 2.05) is 0 Å². The third kappa shape index (κ3) is 3.21. The lowest BCUT2D eigenvalue weighted by molar-refractivity contribution is -0.138. The van der Waals surface area contributed by atoms with E-state index in [0.29, 0.717) is 11.4 Å². The van der Waals surface area contributed by atoms with Gasteiger partial charge in [0.1, 0.15) is 11.6 Å². The van der Waals surface area contributed by atoms with Gasteiger partial charge in [-0.25, -0.2) is 0 Å². The normalized spacial score (nSPS) is 11.6. The van der Waals surface area contributed by atoms with Crippen LogP contribution in [0.4, 0.5) is 13.2 Å². The van der Waals surface area contributed by atoms with Crippen LogP contribution in [0.25, 0.3) is 0 Å². The standard InChI is InChI=1S/C11H10F3N3OS/c1-6-16-10(19-17-6)18-9-3-2-7(5-15)4-8(9)11(12,13)14/h2-4H,5,15H2,1H3. The largest absolute Gasteiger partial charge is 0.429 e. The molecule has 102 valence electrons. The number of ether oxygens (including phenoxy) is 1. The summed E-state index contributed by atoms with van der Waals surface area (Å²) in [6, 6.07) is 3.70. The molecule has 0 radical (unpaired) electrons. The Bertz CT molecular complexity index is 583. The molecule has 1 aromatic heterocycles. The number of hydrogen-bond donors (Lipinski definition) is 1. The first-order valence-corrected chi connectivity index (χ1v) is 6.06. The highest BCUT2D eigenvalue weighted by atomic mass is 32.1. The molecule has 0 saturated heterocycles. The van der Waals surface area contributed by atoms with Gasteiger partial charge in [0.15, 0.2) is 0 Å². The fraction of sp³-hybridized carbons (Fsp3) is 0.273. The molecule has 0 aliphatic rings. The number of halogens is 3. The Balaban J connectivity index is 2.39. The van der Waals surface area contributed by atoms with E-state index in [1.54, 1.807) is 6.92 Å². The van der Waals surface area contributed by atoms with Crippen LogP contribution in [0.2, 0.25) is 0 Å². The van der Waals surface area contributed by atoms with E-state index in [9.17, 15) is 13.2 Å². The number of hydrogen-bond acceptors (Lipinski definition) is 5. The quantitative estimate of drug-likeness (QED) is 0.943. The van der Waals surface area contributed by atoms with Crippen molar-refractivity contribution in [2.24, 2.45) is 5.73 Å². The van der Waals surface area contributed by atoms with Gasteiger partial charge in [-0.05, 0) is 24.6 Å². The summed E-state index contributed by atoms with van der Waals surface area (Å²) >= 11 is 0.898. The lowest BCUT2D eigenvalue weighted by Crippen LogP contribution is -2.09. The van der Waals surface area contributed by atoms with Crippen LogP contribution in [0.15, 0.2) is 18.2 Å². The maximum absolute atomic E-state index is 12.9. The summed E-state index contributed by atoms with van der Waals surface area (Å²) in [6.45, 7) is 1.66. The minimum Gasteiger partial charge on any atom is -0.429 e. The predicted octanol–water partition coefficient (Wildman–Crippen LogP) is 3.12. The van der Waals surface area contributed by atoms with Crippen molar-refractivity contribution in [3.8, 4) is 10.9 Å². The van der Waals surface area contributed by atoms with Gasteiger partial charge in [0.25, 0.3) is 5.19 Å². The van der Waals surface area contributed by atoms with Crippen molar-refractivity contribution in [3.05, 3.63) is 35.2 Å². The highest BCUT2D eigenvalue weighted by Crippen LogP contribution is 2.38. The molecule has 8 heteroatoms. The zero-order chi connectivity index (χ0) is 14.0. The summed E-state index contributed by atoms with van der Waals surface area (Å²) in [5, 5.41) is 0.0727. The number of aryl methyl sites for hydroxylation is 1. The third-order valence-electron chi connectivity index (χ3n) is 2.29. The molecule has 4 nitrogen and oxygen atoms in total. The summed E-state index contributed by atoms with van der Waals surface area (Å²) in [5.74, 6) is 0.146. The lowest BCUT2D eigenvalue weighted by atomic mass is 10.1. The second kappa shape index (κ2) is 5.14. The van der Waals surface area contributed by atoms with Crippen molar-refractivity contribution in [2.45, 2.75) is 19.6 Å². The van der Waals surface area contributed by atoms with Crippen LogP contribution in [0.5, 0.6) is 10.9 Å². The monoisotopic (exact) mass is 289 g/mol. The summed E-state index contributed by atoms with van der Waals surface area (Å²) in [4.78, 5) is 3.86. The van der Waals surface area contributed by atoms with Crippen molar-refractivity contribution >= 4 is 11.5 Å². The molecule has 0 spiro atoms. The Kier molecular flexibility index (Phi) is 3.72. The lowest BCUT2D eigenvalue weighted by Gasteiger charge is -2.13. The molecule has 0 saturated carbocycles. The van der Waals surface area contributed by atoms with Crippen LogP contribution < -0.4 is 10.5 Å². The molecule has 0 fully saturated rings. The first kappa shape index (κ1) is 13.8. The number of nitrogens with two attached hydrogens (primary N) is 1. The molecular formula is C11H10F3N3OS. The molecule has 2 N–H and O–H groups in total. The molecule has 2 aromatic rings. The number of aromatic nitrogens is 2. The van der Waals surface area contributed by atoms with Gasteiger partial charge in [0.05, 0.1) is 5.56 Å². The molecule has 19 heavy (non-hydrogen) atoms. The van der Waals surface area contributed by atoms with Gasteiger partial charge in [0.2, 0.25) is 0 Å². The molecule has 0 unspecified atom stereocenters. The molecule has 2 rings (SSSR count). The first-order valence-electron chi connectivity index (χ1n) is 5.28. The van der Waals surface area contributed by atoms with Crippen LogP contribution in [-0.4, -0.2) is 9.36 Å². The highest BCUT2D eigenvalue weighted by Gasteiger charge is 2.35. The minimum absolute atomic E-state index is 0.0290. The van der Waals surface area contributed by atoms with Crippen LogP contribution in [0.1, 0.15) is 17.0 Å². The van der Waals surface area contributed by atoms with Crippen molar-refractivity contribution in [1.82, 2.24) is 9.36 Å². The van der Waals surface area contributed by atoms with Gasteiger partial charge in [0, 0.05) is 18.1 Å². The van der Waals surface area contributed by atoms with Gasteiger partial charge in [-0.2, -0.15) is 22.5 Å². The van der Waals surface area contributed by atoms with Crippen LogP contribution in [0.3, 0.4) is 0 Å². The summed E-state index contributed by atoms with van der Waals surface area (Å²) in [5.41, 5.74) is 4.85. The average molecular weight is 289 g/mol. The van der Waals surface area contributed by atoms with E-state index < -0.39 is 11.7 Å². The number of rotatable bonds is 3. The van der Waals surface area contributed by atoms with E-state index in [-0.39, 0.29) is 17.5 Å². The molecule has 0 aliphatic carbocycles. The average Bonchev–Trinajstić information content (AvgIpc) is 2.74. The molecular weight excluding hydrogens is 279 g/mol. The number of alkyl halides is 3. The van der Waals surface area contributed by atoms with Gasteiger partial charge < -0.3 is 10.5 Å². The van der Waals surface area contributed by atoms with Gasteiger partial charge in [-0.3, -0.25) is 0 Å². The van der Waals surface area contributed by atoms with Gasteiger partial charge in [-0.15, -0.1) is 0 Å². The number of benzene rings is 1. The Morgan fingerprint density at radius 1 is 1.37 bits per heavy atom. The summed E-state index contributed by atoms with van der Waals surface area (Å²) in [7, 11) is 0. The van der Waals surface area contributed by atoms with Crippen LogP contribution in [0, 0.1) is 6.92 Å². The fourth-order valence-electron chi connectivity index (χ4n) is 1.43. The predicted molar refractivity (Wildman–Crippen MR) is 64.1 cm³/mol. The highest BCUT2D eigenvalue weighted by molar-refractivity contribution is 7.07. The number of nitrogens with zero attached hydrogens (tertiary/aromatic N) is 2. The molecule has 0 amide bonds. The van der Waals surface area contributed by atoms with Crippen molar-refractivity contribution in [1.29, 1.82) is 0 Å². The smallest absolute Gasteiger partial charge is 0.419 e. The maximum Gasteiger partial charge on any atom is 0.419 e. The summed E-state index contributed by atoms with van der Waals surface area (Å²) in [6.07, 6.45) is -4.51. The van der Waals surface area contributed by atoms with Crippen molar-refractivity contribution in [3.63, 3.8) is 0 Å². The first-order chi connectivity index (χ1) is 8.90. The van der Waals surface area contributed by atoms with E-state index in [0.717, 1.165) is 17.6 Å².